The van der Waals surface area contributed by atoms with Crippen LogP contribution in [0.15, 0.2) is 12.1 Å². The Morgan fingerprint density at radius 3 is 1.85 bits per heavy atom. The summed E-state index contributed by atoms with van der Waals surface area (Å²) in [7, 11) is 0. The number of rotatable bonds is 5. The molecule has 0 heterocycles. The third-order valence-corrected chi connectivity index (χ3v) is 3.41. The van der Waals surface area contributed by atoms with E-state index in [0.717, 1.165) is 0 Å². The maximum absolute atomic E-state index is 12.6. The summed E-state index contributed by atoms with van der Waals surface area (Å²) in [5.74, 6) is 0.742. The van der Waals surface area contributed by atoms with Gasteiger partial charge in [0.25, 0.3) is 5.91 Å². The second-order valence-electron chi connectivity index (χ2n) is 5.85. The monoisotopic (exact) mass is 316 g/mol. The number of hydrogen-bond donors (Lipinski definition) is 1. The highest BCUT2D eigenvalue weighted by molar-refractivity contribution is 6.39. The Hall–Kier alpha value is -0.930. The second-order valence-corrected chi connectivity index (χ2v) is 6.67. The largest absolute Gasteiger partial charge is 0.396 e. The van der Waals surface area contributed by atoms with Gasteiger partial charge < -0.3 is 10.6 Å². The number of nitrogens with zero attached hydrogens (tertiary/aromatic N) is 1. The highest BCUT2D eigenvalue weighted by atomic mass is 35.5. The lowest BCUT2D eigenvalue weighted by molar-refractivity contribution is 0.0715. The third kappa shape index (κ3) is 4.57. The van der Waals surface area contributed by atoms with Crippen molar-refractivity contribution < 1.29 is 4.79 Å². The van der Waals surface area contributed by atoms with E-state index in [0.29, 0.717) is 46.2 Å². The fraction of sp³-hybridized carbons (Fsp3) is 0.533. The number of carbonyl (C=O) groups is 1. The van der Waals surface area contributed by atoms with Crippen LogP contribution in [0.5, 0.6) is 0 Å². The highest BCUT2D eigenvalue weighted by Gasteiger charge is 2.19. The molecule has 0 radical (unpaired) electrons. The molecule has 112 valence electrons. The molecule has 0 unspecified atom stereocenters. The first-order valence-corrected chi connectivity index (χ1v) is 7.51. The van der Waals surface area contributed by atoms with Gasteiger partial charge in [0, 0.05) is 18.7 Å². The molecule has 0 aliphatic heterocycles. The van der Waals surface area contributed by atoms with E-state index in [1.165, 1.54) is 0 Å². The van der Waals surface area contributed by atoms with Crippen LogP contribution < -0.4 is 5.73 Å². The number of anilines is 1. The predicted molar refractivity (Wildman–Crippen MR) is 86.5 cm³/mol. The lowest BCUT2D eigenvalue weighted by Crippen LogP contribution is -2.37. The van der Waals surface area contributed by atoms with Gasteiger partial charge in [-0.15, -0.1) is 0 Å². The summed E-state index contributed by atoms with van der Waals surface area (Å²) in [5, 5.41) is 0.629. The van der Waals surface area contributed by atoms with Gasteiger partial charge in [-0.2, -0.15) is 0 Å². The van der Waals surface area contributed by atoms with Crippen molar-refractivity contribution in [1.82, 2.24) is 4.90 Å². The summed E-state index contributed by atoms with van der Waals surface area (Å²) in [5.41, 5.74) is 6.49. The molecular formula is C15H22Cl2N2O. The fourth-order valence-corrected chi connectivity index (χ4v) is 2.50. The minimum atomic E-state index is -0.0591. The minimum Gasteiger partial charge on any atom is -0.396 e. The first-order valence-electron chi connectivity index (χ1n) is 6.76. The van der Waals surface area contributed by atoms with Crippen LogP contribution in [0.3, 0.4) is 0 Å². The molecule has 0 aromatic heterocycles. The van der Waals surface area contributed by atoms with E-state index in [-0.39, 0.29) is 5.91 Å². The van der Waals surface area contributed by atoms with Gasteiger partial charge >= 0.3 is 0 Å². The standard InChI is InChI=1S/C15H22Cl2N2O/c1-9(2)7-19(8-10(3)4)15(20)11-5-12(16)14(18)13(17)6-11/h5-6,9-10H,7-8,18H2,1-4H3. The van der Waals surface area contributed by atoms with E-state index in [9.17, 15) is 4.79 Å². The van der Waals surface area contributed by atoms with Crippen molar-refractivity contribution in [3.05, 3.63) is 27.7 Å². The van der Waals surface area contributed by atoms with Crippen LogP contribution in [0, 0.1) is 11.8 Å². The second kappa shape index (κ2) is 7.19. The number of nitrogens with two attached hydrogens (primary N) is 1. The van der Waals surface area contributed by atoms with Gasteiger partial charge in [0.15, 0.2) is 0 Å². The molecule has 20 heavy (non-hydrogen) atoms. The lowest BCUT2D eigenvalue weighted by Gasteiger charge is -2.26. The van der Waals surface area contributed by atoms with Gasteiger partial charge in [0.1, 0.15) is 0 Å². The van der Waals surface area contributed by atoms with Crippen LogP contribution in [0.25, 0.3) is 0 Å². The van der Waals surface area contributed by atoms with Crippen LogP contribution in [-0.4, -0.2) is 23.9 Å². The van der Waals surface area contributed by atoms with Gasteiger partial charge in [-0.3, -0.25) is 4.79 Å². The Labute approximate surface area is 131 Å². The van der Waals surface area contributed by atoms with Gasteiger partial charge in [0.2, 0.25) is 0 Å². The van der Waals surface area contributed by atoms with E-state index in [1.807, 2.05) is 4.90 Å². The Balaban J connectivity index is 3.05. The molecule has 1 aromatic carbocycles. The third-order valence-electron chi connectivity index (χ3n) is 2.78. The Morgan fingerprint density at radius 2 is 1.50 bits per heavy atom. The van der Waals surface area contributed by atoms with E-state index in [2.05, 4.69) is 27.7 Å². The molecule has 0 spiro atoms. The summed E-state index contributed by atoms with van der Waals surface area (Å²) in [4.78, 5) is 14.4. The van der Waals surface area contributed by atoms with Crippen molar-refractivity contribution in [3.8, 4) is 0 Å². The quantitative estimate of drug-likeness (QED) is 0.822. The van der Waals surface area contributed by atoms with E-state index >= 15 is 0 Å². The van der Waals surface area contributed by atoms with Crippen LogP contribution in [0.4, 0.5) is 5.69 Å². The number of benzene rings is 1. The first-order chi connectivity index (χ1) is 9.22. The Kier molecular flexibility index (Phi) is 6.15. The molecule has 2 N–H and O–H groups in total. The number of halogens is 2. The molecule has 1 rings (SSSR count). The highest BCUT2D eigenvalue weighted by Crippen LogP contribution is 2.29. The van der Waals surface area contributed by atoms with Crippen LogP contribution in [0.1, 0.15) is 38.1 Å². The predicted octanol–water partition coefficient (Wildman–Crippen LogP) is 4.33. The zero-order chi connectivity index (χ0) is 15.4. The van der Waals surface area contributed by atoms with Crippen molar-refractivity contribution in [2.45, 2.75) is 27.7 Å². The molecule has 0 atom stereocenters. The fourth-order valence-electron chi connectivity index (χ4n) is 2.01. The normalized spacial score (nSPS) is 11.2. The van der Waals surface area contributed by atoms with Crippen LogP contribution in [-0.2, 0) is 0 Å². The molecule has 0 fully saturated rings. The first kappa shape index (κ1) is 17.1. The Bertz CT molecular complexity index is 454. The molecule has 1 aromatic rings. The maximum atomic E-state index is 12.6. The van der Waals surface area contributed by atoms with Crippen LogP contribution >= 0.6 is 23.2 Å². The summed E-state index contributed by atoms with van der Waals surface area (Å²) >= 11 is 12.0. The van der Waals surface area contributed by atoms with E-state index in [1.54, 1.807) is 12.1 Å². The molecule has 0 saturated heterocycles. The molecule has 0 aliphatic rings. The summed E-state index contributed by atoms with van der Waals surface area (Å²) in [6, 6.07) is 3.16. The SMILES string of the molecule is CC(C)CN(CC(C)C)C(=O)c1cc(Cl)c(N)c(Cl)c1. The summed E-state index contributed by atoms with van der Waals surface area (Å²) in [6.45, 7) is 9.76. The average molecular weight is 317 g/mol. The van der Waals surface area contributed by atoms with Crippen molar-refractivity contribution in [1.29, 1.82) is 0 Å². The number of amides is 1. The number of hydrogen-bond acceptors (Lipinski definition) is 2. The molecule has 0 saturated carbocycles. The van der Waals surface area contributed by atoms with Crippen molar-refractivity contribution in [3.63, 3.8) is 0 Å². The average Bonchev–Trinajstić information content (AvgIpc) is 2.32. The zero-order valence-corrected chi connectivity index (χ0v) is 13.9. The van der Waals surface area contributed by atoms with Crippen molar-refractivity contribution >= 4 is 34.8 Å². The molecule has 0 aliphatic carbocycles. The number of carbonyl (C=O) groups excluding carboxylic acids is 1. The number of nitrogen functional groups attached to an aromatic ring is 1. The van der Waals surface area contributed by atoms with Crippen molar-refractivity contribution in [2.75, 3.05) is 18.8 Å². The summed E-state index contributed by atoms with van der Waals surface area (Å²) in [6.07, 6.45) is 0. The van der Waals surface area contributed by atoms with E-state index < -0.39 is 0 Å². The Morgan fingerprint density at radius 1 is 1.10 bits per heavy atom. The van der Waals surface area contributed by atoms with E-state index in [4.69, 9.17) is 28.9 Å². The zero-order valence-electron chi connectivity index (χ0n) is 12.4. The molecular weight excluding hydrogens is 295 g/mol. The van der Waals surface area contributed by atoms with Crippen molar-refractivity contribution in [2.24, 2.45) is 11.8 Å². The van der Waals surface area contributed by atoms with Gasteiger partial charge in [-0.25, -0.2) is 0 Å². The molecule has 5 heteroatoms. The van der Waals surface area contributed by atoms with Crippen LogP contribution in [0.2, 0.25) is 10.0 Å². The van der Waals surface area contributed by atoms with Gasteiger partial charge in [0.05, 0.1) is 15.7 Å². The summed E-state index contributed by atoms with van der Waals surface area (Å²) < 4.78 is 0. The molecule has 3 nitrogen and oxygen atoms in total. The lowest BCUT2D eigenvalue weighted by atomic mass is 10.1. The van der Waals surface area contributed by atoms with Gasteiger partial charge in [-0.05, 0) is 24.0 Å². The molecule has 1 amide bonds. The maximum Gasteiger partial charge on any atom is 0.253 e. The topological polar surface area (TPSA) is 46.3 Å². The van der Waals surface area contributed by atoms with Gasteiger partial charge in [-0.1, -0.05) is 50.9 Å². The molecule has 0 bridgehead atoms. The smallest absolute Gasteiger partial charge is 0.253 e. The minimum absolute atomic E-state index is 0.0591.